The van der Waals surface area contributed by atoms with E-state index in [4.69, 9.17) is 18.6 Å². The molecule has 1 saturated carbocycles. The Morgan fingerprint density at radius 2 is 2.03 bits per heavy atom. The van der Waals surface area contributed by atoms with Gasteiger partial charge in [0.05, 0.1) is 44.0 Å². The number of hydrogen-bond donors (Lipinski definition) is 1. The maximum atomic E-state index is 12.9. The highest BCUT2D eigenvalue weighted by molar-refractivity contribution is 5.81. The summed E-state index contributed by atoms with van der Waals surface area (Å²) >= 11 is 0. The Morgan fingerprint density at radius 3 is 2.59 bits per heavy atom. The SMILES string of the molecule is COC(=O)C(CCOC(C)=O)[C@]1(C)CC[C@H]2C(=O)O[C@H](c3ccoc3)C[C@]2(C)[C@H]1C(=O)O. The fourth-order valence-electron chi connectivity index (χ4n) is 5.96. The molecule has 1 aromatic rings. The van der Waals surface area contributed by atoms with Crippen LogP contribution in [0.3, 0.4) is 0 Å². The molecule has 9 heteroatoms. The Morgan fingerprint density at radius 1 is 1.31 bits per heavy atom. The van der Waals surface area contributed by atoms with Crippen molar-refractivity contribution in [3.63, 3.8) is 0 Å². The lowest BCUT2D eigenvalue weighted by molar-refractivity contribution is -0.205. The Labute approximate surface area is 186 Å². The van der Waals surface area contributed by atoms with Crippen LogP contribution < -0.4 is 0 Å². The zero-order valence-corrected chi connectivity index (χ0v) is 18.8. The first kappa shape index (κ1) is 23.8. The van der Waals surface area contributed by atoms with Crippen molar-refractivity contribution in [3.8, 4) is 0 Å². The first-order valence-electron chi connectivity index (χ1n) is 10.7. The van der Waals surface area contributed by atoms with Crippen LogP contribution >= 0.6 is 0 Å². The number of furan rings is 1. The molecule has 0 amide bonds. The number of rotatable bonds is 7. The molecule has 1 saturated heterocycles. The zero-order chi connectivity index (χ0) is 23.7. The molecule has 176 valence electrons. The van der Waals surface area contributed by atoms with E-state index in [1.165, 1.54) is 26.6 Å². The molecule has 1 N–H and O–H groups in total. The molecule has 1 aromatic heterocycles. The minimum Gasteiger partial charge on any atom is -0.481 e. The smallest absolute Gasteiger partial charge is 0.310 e. The summed E-state index contributed by atoms with van der Waals surface area (Å²) in [6.07, 6.45) is 3.43. The van der Waals surface area contributed by atoms with Gasteiger partial charge in [-0.3, -0.25) is 19.2 Å². The molecule has 1 aliphatic carbocycles. The fourth-order valence-corrected chi connectivity index (χ4v) is 5.96. The molecule has 0 spiro atoms. The van der Waals surface area contributed by atoms with Gasteiger partial charge in [0.25, 0.3) is 0 Å². The molecule has 1 unspecified atom stereocenters. The third kappa shape index (κ3) is 4.12. The van der Waals surface area contributed by atoms with Gasteiger partial charge in [0, 0.05) is 12.5 Å². The number of methoxy groups -OCH3 is 1. The van der Waals surface area contributed by atoms with Gasteiger partial charge in [0.15, 0.2) is 0 Å². The van der Waals surface area contributed by atoms with Gasteiger partial charge in [-0.2, -0.15) is 0 Å². The molecule has 3 rings (SSSR count). The van der Waals surface area contributed by atoms with Crippen molar-refractivity contribution in [2.75, 3.05) is 13.7 Å². The van der Waals surface area contributed by atoms with Crippen LogP contribution in [-0.2, 0) is 33.4 Å². The van der Waals surface area contributed by atoms with E-state index in [2.05, 4.69) is 0 Å². The van der Waals surface area contributed by atoms with Crippen molar-refractivity contribution in [3.05, 3.63) is 24.2 Å². The lowest BCUT2D eigenvalue weighted by Crippen LogP contribution is -2.60. The van der Waals surface area contributed by atoms with E-state index < -0.39 is 58.6 Å². The van der Waals surface area contributed by atoms with Gasteiger partial charge in [-0.25, -0.2) is 0 Å². The van der Waals surface area contributed by atoms with Gasteiger partial charge >= 0.3 is 23.9 Å². The maximum absolute atomic E-state index is 12.9. The second-order valence-corrected chi connectivity index (χ2v) is 9.26. The molecule has 2 aliphatic rings. The highest BCUT2D eigenvalue weighted by atomic mass is 16.5. The molecule has 0 bridgehead atoms. The Kier molecular flexibility index (Phi) is 6.67. The van der Waals surface area contributed by atoms with Gasteiger partial charge in [0.2, 0.25) is 0 Å². The standard InChI is InChI=1S/C23H30O9/c1-13(24)31-10-7-16(20(27)29-4)22(2)8-5-15-21(28)32-17(14-6-9-30-12-14)11-23(15,3)18(22)19(25)26/h6,9,12,15-18H,5,7-8,10-11H2,1-4H3,(H,25,26)/t15-,16?,17-,18-,22-,23-/m0/s1. The highest BCUT2D eigenvalue weighted by Crippen LogP contribution is 2.62. The third-order valence-electron chi connectivity index (χ3n) is 7.41. The number of carbonyl (C=O) groups is 4. The van der Waals surface area contributed by atoms with Crippen LogP contribution in [-0.4, -0.2) is 42.7 Å². The van der Waals surface area contributed by atoms with Crippen molar-refractivity contribution in [2.24, 2.45) is 28.6 Å². The van der Waals surface area contributed by atoms with E-state index in [1.807, 2.05) is 0 Å². The monoisotopic (exact) mass is 450 g/mol. The van der Waals surface area contributed by atoms with Crippen molar-refractivity contribution in [2.45, 2.75) is 52.6 Å². The summed E-state index contributed by atoms with van der Waals surface area (Å²) in [5.41, 5.74) is -1.33. The number of cyclic esters (lactones) is 1. The maximum Gasteiger partial charge on any atom is 0.310 e. The lowest BCUT2D eigenvalue weighted by atomic mass is 9.46. The highest BCUT2D eigenvalue weighted by Gasteiger charge is 2.64. The topological polar surface area (TPSA) is 129 Å². The summed E-state index contributed by atoms with van der Waals surface area (Å²) in [7, 11) is 1.25. The van der Waals surface area contributed by atoms with Gasteiger partial charge in [-0.05, 0) is 42.6 Å². The number of hydrogen-bond acceptors (Lipinski definition) is 8. The number of aliphatic carboxylic acids is 1. The molecule has 2 heterocycles. The molecule has 32 heavy (non-hydrogen) atoms. The number of ether oxygens (including phenoxy) is 3. The summed E-state index contributed by atoms with van der Waals surface area (Å²) in [6.45, 7) is 4.79. The van der Waals surface area contributed by atoms with Crippen LogP contribution in [0.5, 0.6) is 0 Å². The van der Waals surface area contributed by atoms with E-state index in [1.54, 1.807) is 19.9 Å². The van der Waals surface area contributed by atoms with Gasteiger partial charge < -0.3 is 23.7 Å². The first-order chi connectivity index (χ1) is 15.0. The Hall–Kier alpha value is -2.84. The molecular formula is C23H30O9. The molecule has 1 aliphatic heterocycles. The quantitative estimate of drug-likeness (QED) is 0.492. The third-order valence-corrected chi connectivity index (χ3v) is 7.41. The Bertz CT molecular complexity index is 876. The average Bonchev–Trinajstić information content (AvgIpc) is 3.24. The van der Waals surface area contributed by atoms with Crippen LogP contribution in [0.4, 0.5) is 0 Å². The number of carboxylic acid groups (broad SMARTS) is 1. The van der Waals surface area contributed by atoms with E-state index in [0.29, 0.717) is 18.4 Å². The van der Waals surface area contributed by atoms with Crippen molar-refractivity contribution in [1.29, 1.82) is 0 Å². The van der Waals surface area contributed by atoms with E-state index in [-0.39, 0.29) is 19.4 Å². The number of esters is 3. The lowest BCUT2D eigenvalue weighted by Gasteiger charge is -2.57. The predicted octanol–water partition coefficient (Wildman–Crippen LogP) is 3.13. The average molecular weight is 450 g/mol. The molecule has 0 aromatic carbocycles. The number of fused-ring (bicyclic) bond motifs is 1. The van der Waals surface area contributed by atoms with Gasteiger partial charge in [-0.15, -0.1) is 0 Å². The van der Waals surface area contributed by atoms with Crippen molar-refractivity contribution >= 4 is 23.9 Å². The molecule has 0 radical (unpaired) electrons. The zero-order valence-electron chi connectivity index (χ0n) is 18.8. The Balaban J connectivity index is 2.01. The van der Waals surface area contributed by atoms with Crippen molar-refractivity contribution < 1.29 is 42.9 Å². The summed E-state index contributed by atoms with van der Waals surface area (Å²) in [5.74, 6) is -5.02. The van der Waals surface area contributed by atoms with Crippen LogP contribution in [0.25, 0.3) is 0 Å². The summed E-state index contributed by atoms with van der Waals surface area (Å²) in [4.78, 5) is 49.7. The van der Waals surface area contributed by atoms with Gasteiger partial charge in [0.1, 0.15) is 6.10 Å². The second kappa shape index (κ2) is 8.96. The van der Waals surface area contributed by atoms with Crippen LogP contribution in [0.15, 0.2) is 23.0 Å². The normalized spacial score (nSPS) is 32.9. The summed E-state index contributed by atoms with van der Waals surface area (Å²) in [5, 5.41) is 10.4. The minimum absolute atomic E-state index is 0.0309. The summed E-state index contributed by atoms with van der Waals surface area (Å²) < 4.78 is 20.8. The number of carbonyl (C=O) groups excluding carboxylic acids is 3. The molecule has 2 fully saturated rings. The van der Waals surface area contributed by atoms with Crippen molar-refractivity contribution in [1.82, 2.24) is 0 Å². The minimum atomic E-state index is -1.08. The predicted molar refractivity (Wildman–Crippen MR) is 109 cm³/mol. The first-order valence-corrected chi connectivity index (χ1v) is 10.7. The van der Waals surface area contributed by atoms with E-state index in [9.17, 15) is 24.3 Å². The molecular weight excluding hydrogens is 420 g/mol. The second-order valence-electron chi connectivity index (χ2n) is 9.26. The van der Waals surface area contributed by atoms with E-state index in [0.717, 1.165) is 0 Å². The van der Waals surface area contributed by atoms with Crippen LogP contribution in [0.2, 0.25) is 0 Å². The van der Waals surface area contributed by atoms with Gasteiger partial charge in [-0.1, -0.05) is 13.8 Å². The number of carboxylic acids is 1. The summed E-state index contributed by atoms with van der Waals surface area (Å²) in [6, 6.07) is 1.69. The van der Waals surface area contributed by atoms with Crippen LogP contribution in [0.1, 0.15) is 58.1 Å². The van der Waals surface area contributed by atoms with Crippen LogP contribution in [0, 0.1) is 28.6 Å². The fraction of sp³-hybridized carbons (Fsp3) is 0.652. The van der Waals surface area contributed by atoms with E-state index >= 15 is 0 Å². The largest absolute Gasteiger partial charge is 0.481 e. The molecule has 6 atom stereocenters. The molecule has 9 nitrogen and oxygen atoms in total.